The summed E-state index contributed by atoms with van der Waals surface area (Å²) in [5, 5.41) is 2.75. The molecule has 1 heterocycles. The summed E-state index contributed by atoms with van der Waals surface area (Å²) in [7, 11) is 0. The zero-order valence-electron chi connectivity index (χ0n) is 17.1. The van der Waals surface area contributed by atoms with Crippen LogP contribution in [0.3, 0.4) is 0 Å². The zero-order chi connectivity index (χ0) is 22.4. The highest BCUT2D eigenvalue weighted by Gasteiger charge is 2.35. The Bertz CT molecular complexity index is 993. The molecule has 1 saturated heterocycles. The summed E-state index contributed by atoms with van der Waals surface area (Å²) in [5.74, 6) is -0.780. The maximum absolute atomic E-state index is 12.8. The van der Waals surface area contributed by atoms with E-state index in [1.807, 2.05) is 31.2 Å². The Morgan fingerprint density at radius 2 is 1.84 bits per heavy atom. The van der Waals surface area contributed by atoms with Crippen molar-refractivity contribution in [1.29, 1.82) is 0 Å². The van der Waals surface area contributed by atoms with Crippen LogP contribution in [0.15, 0.2) is 53.5 Å². The van der Waals surface area contributed by atoms with Gasteiger partial charge in [-0.3, -0.25) is 14.5 Å². The number of amidine groups is 1. The Balaban J connectivity index is 1.77. The van der Waals surface area contributed by atoms with Crippen LogP contribution in [-0.2, 0) is 14.3 Å². The summed E-state index contributed by atoms with van der Waals surface area (Å²) in [6.07, 6.45) is 0.107. The molecule has 0 saturated carbocycles. The van der Waals surface area contributed by atoms with E-state index in [-0.39, 0.29) is 18.2 Å². The predicted octanol–water partition coefficient (Wildman–Crippen LogP) is 4.45. The number of anilines is 1. The largest absolute Gasteiger partial charge is 0.462 e. The molecule has 1 fully saturated rings. The summed E-state index contributed by atoms with van der Waals surface area (Å²) in [4.78, 5) is 43.4. The van der Waals surface area contributed by atoms with Crippen molar-refractivity contribution in [2.75, 3.05) is 18.5 Å². The molecular formula is C22H22IN3O4S. The minimum Gasteiger partial charge on any atom is -0.462 e. The van der Waals surface area contributed by atoms with E-state index >= 15 is 0 Å². The van der Waals surface area contributed by atoms with Gasteiger partial charge < -0.3 is 10.1 Å². The Morgan fingerprint density at radius 1 is 1.16 bits per heavy atom. The summed E-state index contributed by atoms with van der Waals surface area (Å²) in [5.41, 5.74) is 1.70. The molecule has 0 radical (unpaired) electrons. The number of hydrogen-bond donors (Lipinski definition) is 1. The lowest BCUT2D eigenvalue weighted by atomic mass is 10.2. The summed E-state index contributed by atoms with van der Waals surface area (Å²) < 4.78 is 6.05. The van der Waals surface area contributed by atoms with Crippen LogP contribution in [0.5, 0.6) is 0 Å². The molecule has 1 N–H and O–H groups in total. The van der Waals surface area contributed by atoms with E-state index in [9.17, 15) is 14.4 Å². The van der Waals surface area contributed by atoms with E-state index in [1.165, 1.54) is 11.8 Å². The first kappa shape index (κ1) is 23.3. The number of amides is 2. The van der Waals surface area contributed by atoms with E-state index in [1.54, 1.807) is 36.1 Å². The van der Waals surface area contributed by atoms with Gasteiger partial charge in [-0.2, -0.15) is 0 Å². The van der Waals surface area contributed by atoms with Crippen molar-refractivity contribution < 1.29 is 19.1 Å². The first-order valence-electron chi connectivity index (χ1n) is 9.80. The molecule has 7 nitrogen and oxygen atoms in total. The number of hydrogen-bond acceptors (Lipinski definition) is 6. The molecule has 162 valence electrons. The van der Waals surface area contributed by atoms with Crippen LogP contribution in [0, 0.1) is 3.57 Å². The molecule has 1 atom stereocenters. The van der Waals surface area contributed by atoms with Crippen molar-refractivity contribution in [3.63, 3.8) is 0 Å². The second-order valence-electron chi connectivity index (χ2n) is 6.61. The fourth-order valence-corrected chi connectivity index (χ4v) is 4.43. The first-order valence-corrected chi connectivity index (χ1v) is 11.8. The highest BCUT2D eigenvalue weighted by atomic mass is 127. The van der Waals surface area contributed by atoms with E-state index in [0.29, 0.717) is 35.3 Å². The van der Waals surface area contributed by atoms with E-state index in [0.717, 1.165) is 3.57 Å². The quantitative estimate of drug-likeness (QED) is 0.424. The predicted molar refractivity (Wildman–Crippen MR) is 131 cm³/mol. The Labute approximate surface area is 198 Å². The highest BCUT2D eigenvalue weighted by molar-refractivity contribution is 14.1. The lowest BCUT2D eigenvalue weighted by Gasteiger charge is -2.30. The normalized spacial score (nSPS) is 17.5. The van der Waals surface area contributed by atoms with Gasteiger partial charge in [-0.1, -0.05) is 11.8 Å². The number of nitrogens with zero attached hydrogens (tertiary/aromatic N) is 2. The molecule has 1 unspecified atom stereocenters. The minimum absolute atomic E-state index is 0.107. The number of benzene rings is 2. The number of aliphatic imine (C=N–C) groups is 1. The third-order valence-electron chi connectivity index (χ3n) is 4.46. The van der Waals surface area contributed by atoms with Gasteiger partial charge in [0.25, 0.3) is 0 Å². The average molecular weight is 551 g/mol. The lowest BCUT2D eigenvalue weighted by molar-refractivity contribution is -0.129. The Morgan fingerprint density at radius 3 is 2.45 bits per heavy atom. The van der Waals surface area contributed by atoms with Gasteiger partial charge in [-0.25, -0.2) is 9.79 Å². The molecule has 0 aliphatic carbocycles. The fraction of sp³-hybridized carbons (Fsp3) is 0.273. The van der Waals surface area contributed by atoms with E-state index in [2.05, 4.69) is 32.9 Å². The van der Waals surface area contributed by atoms with Crippen LogP contribution in [0.25, 0.3) is 0 Å². The number of esters is 1. The third kappa shape index (κ3) is 6.07. The molecule has 1 aliphatic rings. The van der Waals surface area contributed by atoms with Gasteiger partial charge >= 0.3 is 5.97 Å². The number of thioether (sulfide) groups is 1. The molecule has 2 aromatic rings. The molecule has 0 aromatic heterocycles. The first-order chi connectivity index (χ1) is 14.9. The standard InChI is InChI=1S/C22H22IN3O4S/c1-3-26-19(27)13-18(20(28)24-16-11-7-15(23)8-12-16)31-22(26)25-17-9-5-14(6-10-17)21(29)30-4-2/h5-12,18H,3-4,13H2,1-2H3,(H,24,28). The second-order valence-corrected chi connectivity index (χ2v) is 9.02. The van der Waals surface area contributed by atoms with Gasteiger partial charge in [0.2, 0.25) is 11.8 Å². The van der Waals surface area contributed by atoms with Crippen molar-refractivity contribution in [2.24, 2.45) is 4.99 Å². The summed E-state index contributed by atoms with van der Waals surface area (Å²) in [6.45, 7) is 4.37. The van der Waals surface area contributed by atoms with E-state index < -0.39 is 11.2 Å². The number of nitrogens with one attached hydrogen (secondary N) is 1. The molecule has 3 rings (SSSR count). The second kappa shape index (κ2) is 10.8. The molecule has 0 bridgehead atoms. The van der Waals surface area contributed by atoms with Crippen molar-refractivity contribution in [3.05, 3.63) is 57.7 Å². The average Bonchev–Trinajstić information content (AvgIpc) is 2.76. The molecular weight excluding hydrogens is 529 g/mol. The minimum atomic E-state index is -0.577. The van der Waals surface area contributed by atoms with Crippen LogP contribution in [0.4, 0.5) is 11.4 Å². The zero-order valence-corrected chi connectivity index (χ0v) is 20.1. The van der Waals surface area contributed by atoms with Crippen LogP contribution in [-0.4, -0.2) is 46.3 Å². The molecule has 2 aromatic carbocycles. The van der Waals surface area contributed by atoms with Crippen LogP contribution in [0.1, 0.15) is 30.6 Å². The van der Waals surface area contributed by atoms with Crippen LogP contribution >= 0.6 is 34.4 Å². The van der Waals surface area contributed by atoms with Crippen LogP contribution in [0.2, 0.25) is 0 Å². The number of rotatable bonds is 6. The van der Waals surface area contributed by atoms with Crippen molar-refractivity contribution in [1.82, 2.24) is 4.90 Å². The van der Waals surface area contributed by atoms with Gasteiger partial charge in [-0.15, -0.1) is 0 Å². The molecule has 0 spiro atoms. The molecule has 31 heavy (non-hydrogen) atoms. The lowest BCUT2D eigenvalue weighted by Crippen LogP contribution is -2.45. The van der Waals surface area contributed by atoms with Crippen molar-refractivity contribution in [2.45, 2.75) is 25.5 Å². The number of halogens is 1. The maximum atomic E-state index is 12.8. The fourth-order valence-electron chi connectivity index (χ4n) is 2.91. The Hall–Kier alpha value is -2.40. The smallest absolute Gasteiger partial charge is 0.338 e. The molecule has 2 amide bonds. The topological polar surface area (TPSA) is 88.1 Å². The molecule has 1 aliphatic heterocycles. The van der Waals surface area contributed by atoms with E-state index in [4.69, 9.17) is 4.74 Å². The van der Waals surface area contributed by atoms with Gasteiger partial charge in [0.15, 0.2) is 5.17 Å². The van der Waals surface area contributed by atoms with Crippen molar-refractivity contribution in [3.8, 4) is 0 Å². The van der Waals surface area contributed by atoms with Crippen molar-refractivity contribution >= 4 is 68.7 Å². The van der Waals surface area contributed by atoms with Gasteiger partial charge in [0.1, 0.15) is 5.25 Å². The van der Waals surface area contributed by atoms with Crippen LogP contribution < -0.4 is 5.32 Å². The van der Waals surface area contributed by atoms with Gasteiger partial charge in [-0.05, 0) is 85.0 Å². The SMILES string of the molecule is CCOC(=O)c1ccc(N=C2SC(C(=O)Nc3ccc(I)cc3)CC(=O)N2CC)cc1. The number of ether oxygens (including phenoxy) is 1. The Kier molecular flexibility index (Phi) is 8.08. The number of carbonyl (C=O) groups excluding carboxylic acids is 3. The van der Waals surface area contributed by atoms with Gasteiger partial charge in [0, 0.05) is 22.2 Å². The summed E-state index contributed by atoms with van der Waals surface area (Å²) in [6, 6.07) is 14.1. The third-order valence-corrected chi connectivity index (χ3v) is 6.37. The maximum Gasteiger partial charge on any atom is 0.338 e. The number of carbonyl (C=O) groups is 3. The molecule has 9 heteroatoms. The summed E-state index contributed by atoms with van der Waals surface area (Å²) >= 11 is 3.46. The highest BCUT2D eigenvalue weighted by Crippen LogP contribution is 2.30. The monoisotopic (exact) mass is 551 g/mol. The van der Waals surface area contributed by atoms with Gasteiger partial charge in [0.05, 0.1) is 17.9 Å².